The molecular weight excluding hydrogens is 509 g/mol. The Morgan fingerprint density at radius 3 is 2.34 bits per heavy atom. The van der Waals surface area contributed by atoms with Crippen LogP contribution in [-0.4, -0.2) is 43.9 Å². The van der Waals surface area contributed by atoms with Gasteiger partial charge in [-0.15, -0.1) is 0 Å². The number of nitrogens with one attached hydrogen (secondary N) is 1. The summed E-state index contributed by atoms with van der Waals surface area (Å²) in [5.74, 6) is -0.386. The number of aryl methyl sites for hydroxylation is 2. The van der Waals surface area contributed by atoms with Gasteiger partial charge in [-0.2, -0.15) is 9.49 Å². The predicted molar refractivity (Wildman–Crippen MR) is 142 cm³/mol. The van der Waals surface area contributed by atoms with Gasteiger partial charge in [0.05, 0.1) is 44.4 Å². The second-order valence-corrected chi connectivity index (χ2v) is 10.7. The molecule has 38 heavy (non-hydrogen) atoms. The van der Waals surface area contributed by atoms with E-state index in [0.717, 1.165) is 0 Å². The van der Waals surface area contributed by atoms with Gasteiger partial charge in [0.15, 0.2) is 5.82 Å². The summed E-state index contributed by atoms with van der Waals surface area (Å²) in [5, 5.41) is 4.25. The van der Waals surface area contributed by atoms with E-state index < -0.39 is 16.0 Å². The van der Waals surface area contributed by atoms with E-state index in [2.05, 4.69) is 14.8 Å². The van der Waals surface area contributed by atoms with Crippen molar-refractivity contribution >= 4 is 32.1 Å². The van der Waals surface area contributed by atoms with Crippen LogP contribution in [0.3, 0.4) is 0 Å². The first-order valence-corrected chi connectivity index (χ1v) is 13.1. The van der Waals surface area contributed by atoms with Crippen LogP contribution in [0.4, 0.5) is 4.39 Å². The minimum Gasteiger partial charge on any atom is -0.295 e. The number of hydrogen-bond acceptors (Lipinski definition) is 5. The van der Waals surface area contributed by atoms with Gasteiger partial charge in [-0.3, -0.25) is 13.7 Å². The molecule has 0 aliphatic rings. The van der Waals surface area contributed by atoms with Crippen LogP contribution in [0.25, 0.3) is 44.8 Å². The number of para-hydroxylation sites is 1. The van der Waals surface area contributed by atoms with Crippen LogP contribution in [0, 0.1) is 5.95 Å². The maximum atomic E-state index is 15.8. The molecule has 6 rings (SSSR count). The number of hydrogen-bond donors (Lipinski definition) is 1. The quantitative estimate of drug-likeness (QED) is 0.368. The van der Waals surface area contributed by atoms with E-state index in [9.17, 15) is 13.2 Å². The van der Waals surface area contributed by atoms with Crippen molar-refractivity contribution in [2.24, 2.45) is 14.1 Å². The summed E-state index contributed by atoms with van der Waals surface area (Å²) >= 11 is 0. The highest BCUT2D eigenvalue weighted by atomic mass is 32.2. The summed E-state index contributed by atoms with van der Waals surface area (Å²) in [6, 6.07) is 18.8. The molecule has 3 heterocycles. The zero-order valence-corrected chi connectivity index (χ0v) is 21.4. The number of fused-ring (bicyclic) bond motifs is 2. The van der Waals surface area contributed by atoms with E-state index >= 15 is 4.39 Å². The Labute approximate surface area is 216 Å². The lowest BCUT2D eigenvalue weighted by atomic mass is 10.2. The van der Waals surface area contributed by atoms with Crippen LogP contribution in [0.2, 0.25) is 0 Å². The van der Waals surface area contributed by atoms with Crippen molar-refractivity contribution < 1.29 is 12.8 Å². The van der Waals surface area contributed by atoms with Crippen LogP contribution in [0.5, 0.6) is 0 Å². The SMILES string of the molecule is CNS(=O)(=O)c1ccc2nc(-c3cnn(-c4ccccc4)c3F)n(-c3ccc4c(c3)n(C)c(=O)n4C)c2c1. The zero-order chi connectivity index (χ0) is 26.8. The minimum absolute atomic E-state index is 0.0360. The van der Waals surface area contributed by atoms with Gasteiger partial charge in [0.1, 0.15) is 0 Å². The molecule has 0 atom stereocenters. The maximum absolute atomic E-state index is 15.8. The average Bonchev–Trinajstić information content (AvgIpc) is 3.57. The van der Waals surface area contributed by atoms with E-state index in [1.54, 1.807) is 67.2 Å². The summed E-state index contributed by atoms with van der Waals surface area (Å²) < 4.78 is 49.2. The first-order valence-electron chi connectivity index (χ1n) is 11.6. The van der Waals surface area contributed by atoms with Gasteiger partial charge in [-0.1, -0.05) is 18.2 Å². The minimum atomic E-state index is -3.76. The fourth-order valence-electron chi connectivity index (χ4n) is 4.65. The fourth-order valence-corrected chi connectivity index (χ4v) is 5.40. The summed E-state index contributed by atoms with van der Waals surface area (Å²) in [6.07, 6.45) is 1.39. The van der Waals surface area contributed by atoms with Crippen molar-refractivity contribution in [1.82, 2.24) is 33.2 Å². The Balaban J connectivity index is 1.67. The standard InChI is InChI=1S/C26H22FN7O3S/c1-28-38(36,37)18-10-11-20-22(14-18)33(17-9-12-21-23(13-17)32(3)26(35)31(21)2)25(30-20)19-15-29-34(24(19)27)16-7-5-4-6-8-16/h4-15,28H,1-3H3. The summed E-state index contributed by atoms with van der Waals surface area (Å²) in [7, 11) is 0.929. The number of imidazole rings is 2. The average molecular weight is 532 g/mol. The van der Waals surface area contributed by atoms with Crippen LogP contribution >= 0.6 is 0 Å². The Morgan fingerprint density at radius 1 is 0.868 bits per heavy atom. The number of benzene rings is 3. The topological polar surface area (TPSA) is 109 Å². The molecule has 0 aliphatic heterocycles. The van der Waals surface area contributed by atoms with E-state index in [-0.39, 0.29) is 22.0 Å². The summed E-state index contributed by atoms with van der Waals surface area (Å²) in [4.78, 5) is 17.2. The molecule has 0 fully saturated rings. The number of rotatable bonds is 5. The Hall–Kier alpha value is -4.55. The molecule has 1 N–H and O–H groups in total. The lowest BCUT2D eigenvalue weighted by Gasteiger charge is -2.11. The van der Waals surface area contributed by atoms with E-state index in [1.165, 1.54) is 39.2 Å². The lowest BCUT2D eigenvalue weighted by molar-refractivity contribution is 0.538. The highest BCUT2D eigenvalue weighted by Gasteiger charge is 2.24. The summed E-state index contributed by atoms with van der Waals surface area (Å²) in [6.45, 7) is 0. The molecule has 3 aromatic heterocycles. The van der Waals surface area contributed by atoms with Gasteiger partial charge in [-0.25, -0.2) is 27.6 Å². The van der Waals surface area contributed by atoms with Crippen molar-refractivity contribution in [3.63, 3.8) is 0 Å². The molecule has 0 radical (unpaired) electrons. The second-order valence-electron chi connectivity index (χ2n) is 8.80. The molecule has 0 spiro atoms. The molecule has 0 bridgehead atoms. The fraction of sp³-hybridized carbons (Fsp3) is 0.115. The van der Waals surface area contributed by atoms with Crippen molar-refractivity contribution in [2.45, 2.75) is 4.90 Å². The van der Waals surface area contributed by atoms with Gasteiger partial charge in [0.25, 0.3) is 0 Å². The molecule has 192 valence electrons. The monoisotopic (exact) mass is 531 g/mol. The molecule has 0 unspecified atom stereocenters. The van der Waals surface area contributed by atoms with Crippen molar-refractivity contribution in [2.75, 3.05) is 7.05 Å². The molecule has 0 saturated carbocycles. The number of halogens is 1. The predicted octanol–water partition coefficient (Wildman–Crippen LogP) is 3.12. The number of sulfonamides is 1. The van der Waals surface area contributed by atoms with Crippen LogP contribution in [-0.2, 0) is 24.1 Å². The number of nitrogens with zero attached hydrogens (tertiary/aromatic N) is 6. The zero-order valence-electron chi connectivity index (χ0n) is 20.6. The number of aromatic nitrogens is 6. The van der Waals surface area contributed by atoms with Gasteiger partial charge in [0, 0.05) is 19.8 Å². The molecule has 6 aromatic rings. The van der Waals surface area contributed by atoms with Gasteiger partial charge in [-0.05, 0) is 55.6 Å². The first kappa shape index (κ1) is 23.8. The highest BCUT2D eigenvalue weighted by molar-refractivity contribution is 7.89. The molecule has 3 aromatic carbocycles. The molecular formula is C26H22FN7O3S. The van der Waals surface area contributed by atoms with Gasteiger partial charge < -0.3 is 0 Å². The largest absolute Gasteiger partial charge is 0.328 e. The van der Waals surface area contributed by atoms with Crippen molar-refractivity contribution in [3.8, 4) is 22.8 Å². The van der Waals surface area contributed by atoms with Crippen LogP contribution in [0.1, 0.15) is 0 Å². The third-order valence-electron chi connectivity index (χ3n) is 6.67. The lowest BCUT2D eigenvalue weighted by Crippen LogP contribution is -2.19. The second kappa shape index (κ2) is 8.50. The van der Waals surface area contributed by atoms with Gasteiger partial charge >= 0.3 is 5.69 Å². The van der Waals surface area contributed by atoms with E-state index in [1.807, 2.05) is 6.07 Å². The maximum Gasteiger partial charge on any atom is 0.328 e. The highest BCUT2D eigenvalue weighted by Crippen LogP contribution is 2.33. The molecule has 0 saturated heterocycles. The Morgan fingerprint density at radius 2 is 1.61 bits per heavy atom. The Kier molecular flexibility index (Phi) is 5.33. The van der Waals surface area contributed by atoms with Gasteiger partial charge in [0.2, 0.25) is 16.0 Å². The smallest absolute Gasteiger partial charge is 0.295 e. The Bertz CT molecular complexity index is 2040. The van der Waals surface area contributed by atoms with Crippen LogP contribution in [0.15, 0.2) is 82.6 Å². The molecule has 10 nitrogen and oxygen atoms in total. The van der Waals surface area contributed by atoms with Crippen molar-refractivity contribution in [3.05, 3.63) is 89.4 Å². The summed E-state index contributed by atoms with van der Waals surface area (Å²) in [5.41, 5.74) is 3.34. The first-order chi connectivity index (χ1) is 18.2. The third kappa shape index (κ3) is 3.49. The van der Waals surface area contributed by atoms with Crippen LogP contribution < -0.4 is 10.4 Å². The van der Waals surface area contributed by atoms with E-state index in [4.69, 9.17) is 0 Å². The normalized spacial score (nSPS) is 12.1. The van der Waals surface area contributed by atoms with Crippen molar-refractivity contribution in [1.29, 1.82) is 0 Å². The van der Waals surface area contributed by atoms with E-state index in [0.29, 0.717) is 33.4 Å². The molecule has 0 aliphatic carbocycles. The third-order valence-corrected chi connectivity index (χ3v) is 8.08. The molecule has 0 amide bonds. The molecule has 12 heteroatoms.